The molecule has 4 aromatic rings. The molecule has 0 radical (unpaired) electrons. The highest BCUT2D eigenvalue weighted by Crippen LogP contribution is 2.32. The lowest BCUT2D eigenvalue weighted by Crippen LogP contribution is -2.29. The van der Waals surface area contributed by atoms with Crippen molar-refractivity contribution in [3.8, 4) is 0 Å². The molecule has 1 aliphatic heterocycles. The molecule has 1 atom stereocenters. The molecule has 1 saturated heterocycles. The maximum atomic E-state index is 15.2. The number of hydrogen-bond acceptors (Lipinski definition) is 5. The molecule has 1 fully saturated rings. The number of nitrogens with zero attached hydrogens (tertiary/aromatic N) is 5. The highest BCUT2D eigenvalue weighted by Gasteiger charge is 2.24. The summed E-state index contributed by atoms with van der Waals surface area (Å²) in [5.74, 6) is -1.22. The zero-order valence-corrected chi connectivity index (χ0v) is 16.8. The summed E-state index contributed by atoms with van der Waals surface area (Å²) in [7, 11) is 0. The Morgan fingerprint density at radius 1 is 1.16 bits per heavy atom. The van der Waals surface area contributed by atoms with Gasteiger partial charge in [-0.3, -0.25) is 9.78 Å². The van der Waals surface area contributed by atoms with E-state index in [0.717, 1.165) is 0 Å². The second kappa shape index (κ2) is 7.57. The van der Waals surface area contributed by atoms with E-state index in [-0.39, 0.29) is 22.4 Å². The van der Waals surface area contributed by atoms with Crippen LogP contribution in [0.1, 0.15) is 30.5 Å². The number of rotatable bonds is 3. The van der Waals surface area contributed by atoms with Crippen LogP contribution in [0.5, 0.6) is 0 Å². The number of amides is 1. The molecule has 5 rings (SSSR count). The topological polar surface area (TPSA) is 75.4 Å². The summed E-state index contributed by atoms with van der Waals surface area (Å²) in [5, 5.41) is 7.79. The first-order valence-corrected chi connectivity index (χ1v) is 10.1. The van der Waals surface area contributed by atoms with E-state index in [1.165, 1.54) is 12.3 Å². The first-order valence-electron chi connectivity index (χ1n) is 10.1. The van der Waals surface area contributed by atoms with Crippen LogP contribution in [0.15, 0.2) is 42.7 Å². The average molecular weight is 422 g/mol. The number of imidazole rings is 1. The minimum atomic E-state index is -0.653. The average Bonchev–Trinajstić information content (AvgIpc) is 3.07. The fraction of sp³-hybridized carbons (Fsp3) is 0.273. The first-order chi connectivity index (χ1) is 15.0. The molecule has 0 bridgehead atoms. The van der Waals surface area contributed by atoms with Gasteiger partial charge in [0.2, 0.25) is 5.91 Å². The number of aromatic nitrogens is 4. The van der Waals surface area contributed by atoms with Gasteiger partial charge in [0.25, 0.3) is 0 Å². The molecule has 3 aromatic heterocycles. The van der Waals surface area contributed by atoms with E-state index in [2.05, 4.69) is 20.4 Å². The van der Waals surface area contributed by atoms with E-state index in [1.54, 1.807) is 29.8 Å². The van der Waals surface area contributed by atoms with Gasteiger partial charge in [-0.1, -0.05) is 6.92 Å². The highest BCUT2D eigenvalue weighted by atomic mass is 19.1. The number of pyridine rings is 1. The molecule has 1 aromatic carbocycles. The Hall–Kier alpha value is -3.62. The van der Waals surface area contributed by atoms with Crippen molar-refractivity contribution in [1.29, 1.82) is 0 Å². The molecule has 7 nitrogen and oxygen atoms in total. The Balaban J connectivity index is 1.57. The third kappa shape index (κ3) is 3.35. The molecule has 31 heavy (non-hydrogen) atoms. The van der Waals surface area contributed by atoms with Crippen molar-refractivity contribution in [2.45, 2.75) is 19.3 Å². The van der Waals surface area contributed by atoms with Crippen LogP contribution in [-0.2, 0) is 4.79 Å². The van der Waals surface area contributed by atoms with E-state index in [0.29, 0.717) is 43.2 Å². The summed E-state index contributed by atoms with van der Waals surface area (Å²) in [6.07, 6.45) is 3.48. The second-order valence-corrected chi connectivity index (χ2v) is 7.61. The molecule has 158 valence electrons. The van der Waals surface area contributed by atoms with Gasteiger partial charge in [0, 0.05) is 55.2 Å². The van der Waals surface area contributed by atoms with Crippen LogP contribution in [0, 0.1) is 11.6 Å². The summed E-state index contributed by atoms with van der Waals surface area (Å²) in [4.78, 5) is 22.1. The fourth-order valence-electron chi connectivity index (χ4n) is 4.05. The van der Waals surface area contributed by atoms with E-state index < -0.39 is 17.6 Å². The van der Waals surface area contributed by atoms with E-state index in [9.17, 15) is 9.18 Å². The van der Waals surface area contributed by atoms with Crippen LogP contribution < -0.4 is 10.2 Å². The third-order valence-electron chi connectivity index (χ3n) is 5.72. The Morgan fingerprint density at radius 3 is 2.90 bits per heavy atom. The predicted octanol–water partition coefficient (Wildman–Crippen LogP) is 3.03. The number of benzene rings is 1. The van der Waals surface area contributed by atoms with Gasteiger partial charge in [-0.2, -0.15) is 0 Å². The largest absolute Gasteiger partial charge is 0.354 e. The lowest BCUT2D eigenvalue weighted by molar-refractivity contribution is -0.120. The molecule has 1 amide bonds. The molecule has 0 spiro atoms. The molecule has 0 aliphatic carbocycles. The van der Waals surface area contributed by atoms with Gasteiger partial charge in [-0.25, -0.2) is 18.3 Å². The molecule has 4 heterocycles. The Labute approximate surface area is 176 Å². The SMILES string of the molecule is CC(c1c(F)cc2ncccc2c1F)c1cnc2ccc(N3CCNC(=O)CC3)nn12. The van der Waals surface area contributed by atoms with Crippen LogP contribution in [0.4, 0.5) is 14.6 Å². The quantitative estimate of drug-likeness (QED) is 0.549. The standard InChI is InChI=1S/C22H20F2N6O/c1-13(21-15(23)11-16-14(22(21)24)3-2-7-25-16)17-12-27-18-4-5-19(28-30(17)18)29-9-6-20(31)26-8-10-29/h2-5,7,11-13H,6,8-10H2,1H3,(H,26,31). The third-order valence-corrected chi connectivity index (χ3v) is 5.72. The van der Waals surface area contributed by atoms with E-state index in [1.807, 2.05) is 17.0 Å². The summed E-state index contributed by atoms with van der Waals surface area (Å²) < 4.78 is 31.8. The van der Waals surface area contributed by atoms with Crippen LogP contribution in [-0.4, -0.2) is 45.1 Å². The number of halogens is 2. The van der Waals surface area contributed by atoms with Gasteiger partial charge in [0.1, 0.15) is 17.5 Å². The number of nitrogens with one attached hydrogen (secondary N) is 1. The monoisotopic (exact) mass is 422 g/mol. The number of anilines is 1. The van der Waals surface area contributed by atoms with Gasteiger partial charge >= 0.3 is 0 Å². The molecular formula is C22H20F2N6O. The summed E-state index contributed by atoms with van der Waals surface area (Å²) >= 11 is 0. The lowest BCUT2D eigenvalue weighted by Gasteiger charge is -2.21. The van der Waals surface area contributed by atoms with Gasteiger partial charge in [0.05, 0.1) is 17.4 Å². The Bertz CT molecular complexity index is 1300. The number of carbonyl (C=O) groups is 1. The maximum Gasteiger partial charge on any atom is 0.221 e. The zero-order valence-electron chi connectivity index (χ0n) is 16.8. The summed E-state index contributed by atoms with van der Waals surface area (Å²) in [6, 6.07) is 8.13. The Kier molecular flexibility index (Phi) is 4.72. The van der Waals surface area contributed by atoms with Crippen LogP contribution in [0.3, 0.4) is 0 Å². The number of hydrogen-bond donors (Lipinski definition) is 1. The lowest BCUT2D eigenvalue weighted by atomic mass is 9.95. The van der Waals surface area contributed by atoms with Crippen LogP contribution >= 0.6 is 0 Å². The van der Waals surface area contributed by atoms with Crippen molar-refractivity contribution in [3.05, 3.63) is 65.6 Å². The van der Waals surface area contributed by atoms with E-state index >= 15 is 4.39 Å². The first kappa shape index (κ1) is 19.3. The molecule has 1 aliphatic rings. The molecule has 9 heteroatoms. The van der Waals surface area contributed by atoms with Gasteiger partial charge in [-0.05, 0) is 24.3 Å². The smallest absolute Gasteiger partial charge is 0.221 e. The normalized spacial score (nSPS) is 15.8. The van der Waals surface area contributed by atoms with Gasteiger partial charge in [0.15, 0.2) is 5.65 Å². The van der Waals surface area contributed by atoms with Gasteiger partial charge < -0.3 is 10.2 Å². The van der Waals surface area contributed by atoms with Crippen molar-refractivity contribution in [1.82, 2.24) is 24.9 Å². The van der Waals surface area contributed by atoms with Crippen molar-refractivity contribution in [3.63, 3.8) is 0 Å². The maximum absolute atomic E-state index is 15.2. The van der Waals surface area contributed by atoms with Crippen molar-refractivity contribution < 1.29 is 13.6 Å². The minimum Gasteiger partial charge on any atom is -0.354 e. The van der Waals surface area contributed by atoms with E-state index in [4.69, 9.17) is 0 Å². The Morgan fingerprint density at radius 2 is 2.03 bits per heavy atom. The fourth-order valence-corrected chi connectivity index (χ4v) is 4.05. The van der Waals surface area contributed by atoms with Crippen molar-refractivity contribution >= 4 is 28.3 Å². The molecule has 0 saturated carbocycles. The van der Waals surface area contributed by atoms with Crippen molar-refractivity contribution in [2.24, 2.45) is 0 Å². The molecule has 1 unspecified atom stereocenters. The van der Waals surface area contributed by atoms with Gasteiger partial charge in [-0.15, -0.1) is 5.10 Å². The van der Waals surface area contributed by atoms with Crippen molar-refractivity contribution in [2.75, 3.05) is 24.5 Å². The molecular weight excluding hydrogens is 402 g/mol. The minimum absolute atomic E-state index is 0.0114. The van der Waals surface area contributed by atoms with Crippen LogP contribution in [0.25, 0.3) is 16.6 Å². The second-order valence-electron chi connectivity index (χ2n) is 7.61. The summed E-state index contributed by atoms with van der Waals surface area (Å²) in [5.41, 5.74) is 1.38. The molecule has 1 N–H and O–H groups in total. The highest BCUT2D eigenvalue weighted by molar-refractivity contribution is 5.80. The predicted molar refractivity (Wildman–Crippen MR) is 112 cm³/mol. The zero-order chi connectivity index (χ0) is 21.5. The number of fused-ring (bicyclic) bond motifs is 2. The number of carbonyl (C=O) groups excluding carboxylic acids is 1. The summed E-state index contributed by atoms with van der Waals surface area (Å²) in [6.45, 7) is 3.44. The van der Waals surface area contributed by atoms with Crippen LogP contribution in [0.2, 0.25) is 0 Å².